The highest BCUT2D eigenvalue weighted by molar-refractivity contribution is 5.83. The van der Waals surface area contributed by atoms with E-state index in [2.05, 4.69) is 9.97 Å². The van der Waals surface area contributed by atoms with Gasteiger partial charge in [-0.1, -0.05) is 6.07 Å². The van der Waals surface area contributed by atoms with Crippen molar-refractivity contribution >= 4 is 11.0 Å². The minimum absolute atomic E-state index is 0.0135. The van der Waals surface area contributed by atoms with E-state index in [0.29, 0.717) is 23.9 Å². The van der Waals surface area contributed by atoms with Crippen LogP contribution in [0.2, 0.25) is 0 Å². The Hall–Kier alpha value is -2.60. The van der Waals surface area contributed by atoms with Gasteiger partial charge in [-0.2, -0.15) is 0 Å². The van der Waals surface area contributed by atoms with E-state index in [1.807, 2.05) is 34.9 Å². The fraction of sp³-hybridized carbons (Fsp3) is 0.250. The number of rotatable bonds is 5. The van der Waals surface area contributed by atoms with Gasteiger partial charge in [-0.05, 0) is 12.1 Å². The molecule has 22 heavy (non-hydrogen) atoms. The lowest BCUT2D eigenvalue weighted by Gasteiger charge is -2.09. The summed E-state index contributed by atoms with van der Waals surface area (Å²) in [5.74, 6) is 1.96. The van der Waals surface area contributed by atoms with E-state index < -0.39 is 0 Å². The highest BCUT2D eigenvalue weighted by Crippen LogP contribution is 2.34. The quantitative estimate of drug-likeness (QED) is 0.781. The van der Waals surface area contributed by atoms with Gasteiger partial charge in [0.1, 0.15) is 5.69 Å². The van der Waals surface area contributed by atoms with Crippen molar-refractivity contribution < 1.29 is 14.6 Å². The minimum Gasteiger partial charge on any atom is -0.493 e. The SMILES string of the molecule is COc1cc2nc(-c3ccccn3)n(CCO)c2cc1OC. The van der Waals surface area contributed by atoms with Gasteiger partial charge in [0.25, 0.3) is 0 Å². The van der Waals surface area contributed by atoms with E-state index in [1.165, 1.54) is 0 Å². The third-order valence-corrected chi connectivity index (χ3v) is 3.47. The van der Waals surface area contributed by atoms with Gasteiger partial charge >= 0.3 is 0 Å². The Kier molecular flexibility index (Phi) is 3.93. The Balaban J connectivity index is 2.26. The molecule has 0 bridgehead atoms. The second-order valence-corrected chi connectivity index (χ2v) is 4.72. The molecule has 0 aliphatic heterocycles. The predicted octanol–water partition coefficient (Wildman–Crippen LogP) is 2.11. The van der Waals surface area contributed by atoms with Crippen LogP contribution < -0.4 is 9.47 Å². The second-order valence-electron chi connectivity index (χ2n) is 4.72. The number of pyridine rings is 1. The first kappa shape index (κ1) is 14.3. The lowest BCUT2D eigenvalue weighted by atomic mass is 10.2. The average molecular weight is 299 g/mol. The molecule has 2 heterocycles. The van der Waals surface area contributed by atoms with E-state index in [4.69, 9.17) is 9.47 Å². The summed E-state index contributed by atoms with van der Waals surface area (Å²) in [5.41, 5.74) is 2.39. The van der Waals surface area contributed by atoms with E-state index in [9.17, 15) is 5.11 Å². The third kappa shape index (κ3) is 2.37. The highest BCUT2D eigenvalue weighted by atomic mass is 16.5. The summed E-state index contributed by atoms with van der Waals surface area (Å²) >= 11 is 0. The molecule has 0 unspecified atom stereocenters. The Labute approximate surface area is 128 Å². The van der Waals surface area contributed by atoms with Crippen molar-refractivity contribution in [1.82, 2.24) is 14.5 Å². The van der Waals surface area contributed by atoms with Gasteiger partial charge in [0, 0.05) is 24.9 Å². The molecular formula is C16H17N3O3. The molecule has 0 saturated carbocycles. The van der Waals surface area contributed by atoms with Crippen LogP contribution in [0.25, 0.3) is 22.6 Å². The number of hydrogen-bond acceptors (Lipinski definition) is 5. The zero-order valence-corrected chi connectivity index (χ0v) is 12.5. The smallest absolute Gasteiger partial charge is 0.163 e. The van der Waals surface area contributed by atoms with Crippen LogP contribution in [0.15, 0.2) is 36.5 Å². The highest BCUT2D eigenvalue weighted by Gasteiger charge is 2.16. The number of ether oxygens (including phenoxy) is 2. The lowest BCUT2D eigenvalue weighted by Crippen LogP contribution is -2.05. The Morgan fingerprint density at radius 2 is 1.91 bits per heavy atom. The molecule has 1 N–H and O–H groups in total. The molecule has 6 heteroatoms. The molecule has 2 aromatic heterocycles. The van der Waals surface area contributed by atoms with Gasteiger partial charge in [-0.25, -0.2) is 4.98 Å². The number of aliphatic hydroxyl groups is 1. The van der Waals surface area contributed by atoms with Crippen molar-refractivity contribution in [2.45, 2.75) is 6.54 Å². The van der Waals surface area contributed by atoms with Gasteiger partial charge in [0.15, 0.2) is 17.3 Å². The van der Waals surface area contributed by atoms with Gasteiger partial charge < -0.3 is 19.1 Å². The van der Waals surface area contributed by atoms with E-state index in [1.54, 1.807) is 20.4 Å². The summed E-state index contributed by atoms with van der Waals surface area (Å²) in [6, 6.07) is 9.35. The van der Waals surface area contributed by atoms with Crippen LogP contribution in [0, 0.1) is 0 Å². The van der Waals surface area contributed by atoms with Gasteiger partial charge in [-0.3, -0.25) is 4.98 Å². The maximum Gasteiger partial charge on any atom is 0.163 e. The normalized spacial score (nSPS) is 10.9. The molecule has 0 saturated heterocycles. The topological polar surface area (TPSA) is 69.4 Å². The summed E-state index contributed by atoms with van der Waals surface area (Å²) in [7, 11) is 3.18. The van der Waals surface area contributed by atoms with Crippen LogP contribution in [0.4, 0.5) is 0 Å². The summed E-state index contributed by atoms with van der Waals surface area (Å²) in [6.45, 7) is 0.442. The molecule has 6 nitrogen and oxygen atoms in total. The zero-order chi connectivity index (χ0) is 15.5. The monoisotopic (exact) mass is 299 g/mol. The van der Waals surface area contributed by atoms with Crippen LogP contribution in [-0.4, -0.2) is 40.5 Å². The fourth-order valence-corrected chi connectivity index (χ4v) is 2.47. The molecule has 3 rings (SSSR count). The lowest BCUT2D eigenvalue weighted by molar-refractivity contribution is 0.278. The Morgan fingerprint density at radius 3 is 2.55 bits per heavy atom. The summed E-state index contributed by atoms with van der Waals surface area (Å²) in [4.78, 5) is 8.98. The van der Waals surface area contributed by atoms with Crippen LogP contribution in [-0.2, 0) is 6.54 Å². The van der Waals surface area contributed by atoms with Crippen molar-refractivity contribution in [3.63, 3.8) is 0 Å². The molecule has 0 fully saturated rings. The van der Waals surface area contributed by atoms with Crippen LogP contribution in [0.3, 0.4) is 0 Å². The predicted molar refractivity (Wildman–Crippen MR) is 83.2 cm³/mol. The number of fused-ring (bicyclic) bond motifs is 1. The summed E-state index contributed by atoms with van der Waals surface area (Å²) in [6.07, 6.45) is 1.72. The number of hydrogen-bond donors (Lipinski definition) is 1. The molecule has 0 spiro atoms. The molecule has 3 aromatic rings. The number of aliphatic hydroxyl groups excluding tert-OH is 1. The summed E-state index contributed by atoms with van der Waals surface area (Å²) < 4.78 is 12.6. The van der Waals surface area contributed by atoms with Crippen LogP contribution in [0.1, 0.15) is 0 Å². The van der Waals surface area contributed by atoms with Crippen molar-refractivity contribution in [1.29, 1.82) is 0 Å². The molecule has 0 atom stereocenters. The van der Waals surface area contributed by atoms with Crippen molar-refractivity contribution in [3.8, 4) is 23.0 Å². The molecule has 1 aromatic carbocycles. The molecule has 0 amide bonds. The first-order chi connectivity index (χ1) is 10.8. The van der Waals surface area contributed by atoms with Crippen molar-refractivity contribution in [3.05, 3.63) is 36.5 Å². The number of methoxy groups -OCH3 is 2. The molecule has 114 valence electrons. The molecule has 0 radical (unpaired) electrons. The van der Waals surface area contributed by atoms with Gasteiger partial charge in [0.05, 0.1) is 31.9 Å². The van der Waals surface area contributed by atoms with Crippen molar-refractivity contribution in [2.24, 2.45) is 0 Å². The summed E-state index contributed by atoms with van der Waals surface area (Å²) in [5, 5.41) is 9.37. The Morgan fingerprint density at radius 1 is 1.14 bits per heavy atom. The average Bonchev–Trinajstić information content (AvgIpc) is 2.92. The van der Waals surface area contributed by atoms with Gasteiger partial charge in [0.2, 0.25) is 0 Å². The third-order valence-electron chi connectivity index (χ3n) is 3.47. The fourth-order valence-electron chi connectivity index (χ4n) is 2.47. The van der Waals surface area contributed by atoms with Crippen LogP contribution >= 0.6 is 0 Å². The number of aromatic nitrogens is 3. The second kappa shape index (κ2) is 6.03. The number of imidazole rings is 1. The zero-order valence-electron chi connectivity index (χ0n) is 12.5. The number of benzene rings is 1. The molecule has 0 aliphatic rings. The largest absolute Gasteiger partial charge is 0.493 e. The minimum atomic E-state index is 0.0135. The maximum atomic E-state index is 9.37. The Bertz CT molecular complexity index is 784. The first-order valence-electron chi connectivity index (χ1n) is 6.93. The van der Waals surface area contributed by atoms with E-state index in [0.717, 1.165) is 16.7 Å². The van der Waals surface area contributed by atoms with E-state index in [-0.39, 0.29) is 6.61 Å². The van der Waals surface area contributed by atoms with Crippen molar-refractivity contribution in [2.75, 3.05) is 20.8 Å². The van der Waals surface area contributed by atoms with Gasteiger partial charge in [-0.15, -0.1) is 0 Å². The first-order valence-corrected chi connectivity index (χ1v) is 6.93. The maximum absolute atomic E-state index is 9.37. The molecular weight excluding hydrogens is 282 g/mol. The number of nitrogens with zero attached hydrogens (tertiary/aromatic N) is 3. The molecule has 0 aliphatic carbocycles. The van der Waals surface area contributed by atoms with Crippen LogP contribution in [0.5, 0.6) is 11.5 Å². The van der Waals surface area contributed by atoms with E-state index >= 15 is 0 Å². The standard InChI is InChI=1S/C16H17N3O3/c1-21-14-9-12-13(10-15(14)22-2)19(7-8-20)16(18-12)11-5-3-4-6-17-11/h3-6,9-10,20H,7-8H2,1-2H3.